The maximum Gasteiger partial charge on any atom is 0.164 e. The van der Waals surface area contributed by atoms with Gasteiger partial charge in [-0.3, -0.25) is 0 Å². The number of nitrogens with zero attached hydrogens (tertiary/aromatic N) is 5. The first kappa shape index (κ1) is 33.7. The third-order valence-corrected chi connectivity index (χ3v) is 11.3. The van der Waals surface area contributed by atoms with Crippen LogP contribution in [0.25, 0.3) is 100 Å². The number of aryl methyl sites for hydroxylation is 2. The normalized spacial score (nSPS) is 11.6. The number of hydrogen-bond donors (Lipinski definition) is 0. The zero-order valence-electron chi connectivity index (χ0n) is 32.1. The fraction of sp³-hybridized carbons (Fsp3) is 0.0377. The summed E-state index contributed by atoms with van der Waals surface area (Å²) in [6.07, 6.45) is 0. The van der Waals surface area contributed by atoms with E-state index in [1.54, 1.807) is 0 Å². The Labute approximate surface area is 336 Å². The van der Waals surface area contributed by atoms with Crippen molar-refractivity contribution in [1.82, 2.24) is 24.1 Å². The summed E-state index contributed by atoms with van der Waals surface area (Å²) in [5.74, 6) is 1.93. The summed E-state index contributed by atoms with van der Waals surface area (Å²) in [4.78, 5) is 15.2. The first-order valence-electron chi connectivity index (χ1n) is 19.7. The molecule has 274 valence electrons. The van der Waals surface area contributed by atoms with Gasteiger partial charge in [0.1, 0.15) is 0 Å². The van der Waals surface area contributed by atoms with Crippen LogP contribution < -0.4 is 0 Å². The van der Waals surface area contributed by atoms with Crippen molar-refractivity contribution in [3.63, 3.8) is 0 Å². The molecule has 0 aliphatic heterocycles. The van der Waals surface area contributed by atoms with E-state index >= 15 is 0 Å². The number of rotatable bonds is 6. The van der Waals surface area contributed by atoms with Gasteiger partial charge in [-0.1, -0.05) is 145 Å². The molecular formula is C53H37N5. The van der Waals surface area contributed by atoms with Crippen LogP contribution in [-0.4, -0.2) is 24.1 Å². The molecule has 3 aromatic heterocycles. The lowest BCUT2D eigenvalue weighted by Gasteiger charge is -2.11. The Hall–Kier alpha value is -7.63. The molecular weight excluding hydrogens is 707 g/mol. The summed E-state index contributed by atoms with van der Waals surface area (Å²) < 4.78 is 4.79. The van der Waals surface area contributed by atoms with Crippen molar-refractivity contribution in [2.75, 3.05) is 0 Å². The summed E-state index contributed by atoms with van der Waals surface area (Å²) in [7, 11) is 0. The molecule has 3 heterocycles. The summed E-state index contributed by atoms with van der Waals surface area (Å²) >= 11 is 0. The van der Waals surface area contributed by atoms with Crippen LogP contribution in [0.1, 0.15) is 11.1 Å². The van der Waals surface area contributed by atoms with Crippen LogP contribution in [0.5, 0.6) is 0 Å². The van der Waals surface area contributed by atoms with Crippen LogP contribution in [0.3, 0.4) is 0 Å². The Morgan fingerprint density at radius 3 is 1.47 bits per heavy atom. The third kappa shape index (κ3) is 5.59. The van der Waals surface area contributed by atoms with Gasteiger partial charge in [0.15, 0.2) is 17.5 Å². The minimum Gasteiger partial charge on any atom is -0.309 e. The highest BCUT2D eigenvalue weighted by molar-refractivity contribution is 6.17. The SMILES string of the molecule is Cc1ccc(-c2nc(-c3ccc(C)cc3)nc(-c3cccc(-c4cccc5c4c4cc(-n6c7ccccc7c7ccccc76)ccc4n5-c4ccccc4)c3)n2)cc1. The second-order valence-electron chi connectivity index (χ2n) is 15.1. The molecule has 0 amide bonds. The lowest BCUT2D eigenvalue weighted by molar-refractivity contribution is 1.07. The predicted molar refractivity (Wildman–Crippen MR) is 240 cm³/mol. The van der Waals surface area contributed by atoms with Crippen LogP contribution in [0, 0.1) is 13.8 Å². The predicted octanol–water partition coefficient (Wildman–Crippen LogP) is 13.4. The van der Waals surface area contributed by atoms with E-state index < -0.39 is 0 Å². The standard InChI is InChI=1S/C53H37N5/c1-34-22-26-36(27-23-34)51-54-52(37-28-24-35(2)25-29-37)56-53(55-51)39-13-10-12-38(32-39)42-18-11-21-49-50(42)45-33-41(30-31-48(45)57(49)40-14-4-3-5-15-40)58-46-19-8-6-16-43(46)44-17-7-9-20-47(44)58/h3-33H,1-2H3. The molecule has 11 aromatic rings. The molecule has 5 nitrogen and oxygen atoms in total. The van der Waals surface area contributed by atoms with Crippen molar-refractivity contribution in [3.8, 4) is 56.7 Å². The summed E-state index contributed by atoms with van der Waals surface area (Å²) in [5.41, 5.74) is 14.4. The first-order valence-corrected chi connectivity index (χ1v) is 19.7. The molecule has 0 radical (unpaired) electrons. The molecule has 0 N–H and O–H groups in total. The van der Waals surface area contributed by atoms with Crippen LogP contribution in [-0.2, 0) is 0 Å². The van der Waals surface area contributed by atoms with Crippen molar-refractivity contribution in [2.45, 2.75) is 13.8 Å². The molecule has 0 bridgehead atoms. The van der Waals surface area contributed by atoms with E-state index in [0.717, 1.165) is 50.2 Å². The zero-order valence-corrected chi connectivity index (χ0v) is 32.1. The maximum atomic E-state index is 5.10. The maximum absolute atomic E-state index is 5.10. The molecule has 0 saturated heterocycles. The van der Waals surface area contributed by atoms with Crippen LogP contribution in [0.4, 0.5) is 0 Å². The van der Waals surface area contributed by atoms with Crippen molar-refractivity contribution in [3.05, 3.63) is 199 Å². The molecule has 0 spiro atoms. The number of benzene rings is 8. The van der Waals surface area contributed by atoms with Gasteiger partial charge in [0.25, 0.3) is 0 Å². The van der Waals surface area contributed by atoms with Gasteiger partial charge in [0.2, 0.25) is 0 Å². The molecule has 0 aliphatic carbocycles. The number of para-hydroxylation sites is 3. The molecule has 58 heavy (non-hydrogen) atoms. The van der Waals surface area contributed by atoms with Gasteiger partial charge in [-0.25, -0.2) is 15.0 Å². The van der Waals surface area contributed by atoms with Gasteiger partial charge in [0, 0.05) is 49.6 Å². The summed E-state index contributed by atoms with van der Waals surface area (Å²) in [5, 5.41) is 4.87. The van der Waals surface area contributed by atoms with Crippen molar-refractivity contribution < 1.29 is 0 Å². The summed E-state index contributed by atoms with van der Waals surface area (Å²) in [6, 6.07) is 67.0. The van der Waals surface area contributed by atoms with E-state index in [4.69, 9.17) is 15.0 Å². The smallest absolute Gasteiger partial charge is 0.164 e. The molecule has 0 saturated carbocycles. The summed E-state index contributed by atoms with van der Waals surface area (Å²) in [6.45, 7) is 4.18. The van der Waals surface area contributed by atoms with Gasteiger partial charge in [0.05, 0.1) is 22.1 Å². The molecule has 8 aromatic carbocycles. The van der Waals surface area contributed by atoms with Crippen molar-refractivity contribution in [2.24, 2.45) is 0 Å². The highest BCUT2D eigenvalue weighted by Crippen LogP contribution is 2.41. The fourth-order valence-corrected chi connectivity index (χ4v) is 8.49. The third-order valence-electron chi connectivity index (χ3n) is 11.3. The lowest BCUT2D eigenvalue weighted by Crippen LogP contribution is -2.00. The van der Waals surface area contributed by atoms with Gasteiger partial charge in [-0.05, 0) is 79.6 Å². The Morgan fingerprint density at radius 2 is 0.828 bits per heavy atom. The Kier molecular flexibility index (Phi) is 7.86. The molecule has 5 heteroatoms. The Bertz CT molecular complexity index is 3220. The van der Waals surface area contributed by atoms with Crippen LogP contribution in [0.2, 0.25) is 0 Å². The molecule has 0 aliphatic rings. The highest BCUT2D eigenvalue weighted by atomic mass is 15.0. The van der Waals surface area contributed by atoms with E-state index in [1.807, 2.05) is 0 Å². The Morgan fingerprint density at radius 1 is 0.328 bits per heavy atom. The van der Waals surface area contributed by atoms with Gasteiger partial charge in [-0.15, -0.1) is 0 Å². The van der Waals surface area contributed by atoms with E-state index in [1.165, 1.54) is 43.7 Å². The lowest BCUT2D eigenvalue weighted by atomic mass is 9.97. The van der Waals surface area contributed by atoms with E-state index in [0.29, 0.717) is 17.5 Å². The van der Waals surface area contributed by atoms with Gasteiger partial charge < -0.3 is 9.13 Å². The van der Waals surface area contributed by atoms with E-state index in [9.17, 15) is 0 Å². The average molecular weight is 744 g/mol. The fourth-order valence-electron chi connectivity index (χ4n) is 8.49. The highest BCUT2D eigenvalue weighted by Gasteiger charge is 2.20. The second-order valence-corrected chi connectivity index (χ2v) is 15.1. The Balaban J connectivity index is 1.13. The quantitative estimate of drug-likeness (QED) is 0.170. The minimum atomic E-state index is 0.635. The molecule has 0 unspecified atom stereocenters. The number of fused-ring (bicyclic) bond motifs is 6. The molecule has 11 rings (SSSR count). The van der Waals surface area contributed by atoms with Gasteiger partial charge in [-0.2, -0.15) is 0 Å². The van der Waals surface area contributed by atoms with E-state index in [-0.39, 0.29) is 0 Å². The number of aromatic nitrogens is 5. The molecule has 0 fully saturated rings. The van der Waals surface area contributed by atoms with Crippen LogP contribution >= 0.6 is 0 Å². The van der Waals surface area contributed by atoms with E-state index in [2.05, 4.69) is 211 Å². The van der Waals surface area contributed by atoms with Gasteiger partial charge >= 0.3 is 0 Å². The topological polar surface area (TPSA) is 48.5 Å². The largest absolute Gasteiger partial charge is 0.309 e. The zero-order chi connectivity index (χ0) is 38.7. The second kappa shape index (κ2) is 13.5. The first-order chi connectivity index (χ1) is 28.6. The minimum absolute atomic E-state index is 0.635. The van der Waals surface area contributed by atoms with Crippen LogP contribution in [0.15, 0.2) is 188 Å². The van der Waals surface area contributed by atoms with Crippen molar-refractivity contribution >= 4 is 43.6 Å². The van der Waals surface area contributed by atoms with Crippen molar-refractivity contribution in [1.29, 1.82) is 0 Å². The number of hydrogen-bond acceptors (Lipinski definition) is 3. The molecule has 0 atom stereocenters. The average Bonchev–Trinajstić information content (AvgIpc) is 3.80. The monoisotopic (exact) mass is 743 g/mol.